The Labute approximate surface area is 229 Å². The number of unbranched alkanes of at least 4 members (excludes halogenated alkanes) is 1. The fourth-order valence-electron chi connectivity index (χ4n) is 5.99. The number of likely N-dealkylation sites (tertiary alicyclic amines) is 1. The van der Waals surface area contributed by atoms with Crippen LogP contribution in [0.15, 0.2) is 66.7 Å². The van der Waals surface area contributed by atoms with Crippen LogP contribution in [0.3, 0.4) is 0 Å². The summed E-state index contributed by atoms with van der Waals surface area (Å²) in [6, 6.07) is 19.2. The molecule has 0 saturated carbocycles. The van der Waals surface area contributed by atoms with Crippen molar-refractivity contribution in [1.82, 2.24) is 4.90 Å². The van der Waals surface area contributed by atoms with E-state index in [1.54, 1.807) is 12.1 Å². The summed E-state index contributed by atoms with van der Waals surface area (Å²) in [4.78, 5) is 30.5. The number of anilines is 1. The maximum Gasteiger partial charge on any atom is 0.309 e. The fraction of sp³-hybridized carbons (Fsp3) is 0.375. The second-order valence-corrected chi connectivity index (χ2v) is 10.6. The van der Waals surface area contributed by atoms with Crippen molar-refractivity contribution in [2.75, 3.05) is 31.1 Å². The van der Waals surface area contributed by atoms with Crippen molar-refractivity contribution < 1.29 is 23.8 Å². The van der Waals surface area contributed by atoms with Crippen molar-refractivity contribution in [3.63, 3.8) is 0 Å². The SMILES string of the molecule is CCCCN(C(=O)CN1CC(c2ccc3c(c2)CCO3)C(C(=O)O)C1c1ccc(F)cc1)c1cccc(C)c1. The molecule has 1 amide bonds. The molecule has 2 heterocycles. The zero-order valence-electron chi connectivity index (χ0n) is 22.5. The molecule has 3 aromatic rings. The quantitative estimate of drug-likeness (QED) is 0.382. The number of benzene rings is 3. The molecular weight excluding hydrogens is 495 g/mol. The van der Waals surface area contributed by atoms with Crippen molar-refractivity contribution >= 4 is 17.6 Å². The van der Waals surface area contributed by atoms with Crippen molar-refractivity contribution in [2.45, 2.75) is 45.1 Å². The smallest absolute Gasteiger partial charge is 0.309 e. The number of carbonyl (C=O) groups excluding carboxylic acids is 1. The molecule has 1 N–H and O–H groups in total. The Morgan fingerprint density at radius 2 is 1.85 bits per heavy atom. The van der Waals surface area contributed by atoms with Crippen LogP contribution in [0.4, 0.5) is 10.1 Å². The molecule has 0 aromatic heterocycles. The molecule has 3 aromatic carbocycles. The Bertz CT molecular complexity index is 1340. The summed E-state index contributed by atoms with van der Waals surface area (Å²) in [5, 5.41) is 10.5. The lowest BCUT2D eigenvalue weighted by Crippen LogP contribution is -2.41. The highest BCUT2D eigenvalue weighted by molar-refractivity contribution is 5.95. The molecule has 0 aliphatic carbocycles. The lowest BCUT2D eigenvalue weighted by atomic mass is 9.82. The third kappa shape index (κ3) is 5.69. The summed E-state index contributed by atoms with van der Waals surface area (Å²) in [5.41, 5.74) is 4.61. The Balaban J connectivity index is 1.50. The highest BCUT2D eigenvalue weighted by Crippen LogP contribution is 2.47. The molecule has 3 atom stereocenters. The lowest BCUT2D eigenvalue weighted by molar-refractivity contribution is -0.143. The van der Waals surface area contributed by atoms with Crippen molar-refractivity contribution in [3.05, 3.63) is 94.8 Å². The van der Waals surface area contributed by atoms with Gasteiger partial charge in [-0.3, -0.25) is 14.5 Å². The molecule has 3 unspecified atom stereocenters. The molecule has 0 radical (unpaired) electrons. The predicted molar refractivity (Wildman–Crippen MR) is 149 cm³/mol. The highest BCUT2D eigenvalue weighted by Gasteiger charge is 2.48. The van der Waals surface area contributed by atoms with Gasteiger partial charge in [-0.05, 0) is 65.9 Å². The van der Waals surface area contributed by atoms with Gasteiger partial charge >= 0.3 is 5.97 Å². The molecule has 0 spiro atoms. The van der Waals surface area contributed by atoms with Crippen LogP contribution in [-0.2, 0) is 16.0 Å². The first-order valence-electron chi connectivity index (χ1n) is 13.7. The van der Waals surface area contributed by atoms with Crippen LogP contribution in [-0.4, -0.2) is 48.1 Å². The van der Waals surface area contributed by atoms with Crippen LogP contribution < -0.4 is 9.64 Å². The van der Waals surface area contributed by atoms with Gasteiger partial charge in [-0.2, -0.15) is 0 Å². The number of ether oxygens (including phenoxy) is 1. The molecule has 204 valence electrons. The van der Waals surface area contributed by atoms with Crippen LogP contribution in [0, 0.1) is 18.7 Å². The molecular formula is C32H35FN2O4. The topological polar surface area (TPSA) is 70.1 Å². The Morgan fingerprint density at radius 1 is 1.08 bits per heavy atom. The molecule has 1 fully saturated rings. The van der Waals surface area contributed by atoms with E-state index in [-0.39, 0.29) is 24.2 Å². The fourth-order valence-corrected chi connectivity index (χ4v) is 5.99. The number of aliphatic carboxylic acids is 1. The molecule has 5 rings (SSSR count). The maximum absolute atomic E-state index is 13.9. The summed E-state index contributed by atoms with van der Waals surface area (Å²) in [7, 11) is 0. The minimum atomic E-state index is -0.928. The maximum atomic E-state index is 13.9. The van der Waals surface area contributed by atoms with Gasteiger partial charge in [0.1, 0.15) is 11.6 Å². The number of halogens is 1. The average molecular weight is 531 g/mol. The first-order chi connectivity index (χ1) is 18.9. The summed E-state index contributed by atoms with van der Waals surface area (Å²) in [6.45, 7) is 5.77. The van der Waals surface area contributed by atoms with Gasteiger partial charge in [-0.25, -0.2) is 4.39 Å². The van der Waals surface area contributed by atoms with Crippen LogP contribution in [0.25, 0.3) is 0 Å². The third-order valence-corrected chi connectivity index (χ3v) is 7.92. The van der Waals surface area contributed by atoms with Crippen molar-refractivity contribution in [3.8, 4) is 5.75 Å². The van der Waals surface area contributed by atoms with E-state index in [0.29, 0.717) is 25.3 Å². The highest BCUT2D eigenvalue weighted by atomic mass is 19.1. The summed E-state index contributed by atoms with van der Waals surface area (Å²) in [6.07, 6.45) is 2.60. The Morgan fingerprint density at radius 3 is 2.56 bits per heavy atom. The number of nitrogens with zero attached hydrogens (tertiary/aromatic N) is 2. The minimum Gasteiger partial charge on any atom is -0.493 e. The second kappa shape index (κ2) is 11.6. The van der Waals surface area contributed by atoms with Gasteiger partial charge in [0.15, 0.2) is 0 Å². The second-order valence-electron chi connectivity index (χ2n) is 10.6. The number of carboxylic acid groups (broad SMARTS) is 1. The molecule has 0 bridgehead atoms. The minimum absolute atomic E-state index is 0.0635. The summed E-state index contributed by atoms with van der Waals surface area (Å²) in [5.74, 6) is -1.68. The first kappa shape index (κ1) is 26.9. The van der Waals surface area contributed by atoms with E-state index in [1.807, 2.05) is 53.1 Å². The third-order valence-electron chi connectivity index (χ3n) is 7.92. The summed E-state index contributed by atoms with van der Waals surface area (Å²) >= 11 is 0. The molecule has 2 aliphatic heterocycles. The van der Waals surface area contributed by atoms with Crippen LogP contribution in [0.1, 0.15) is 54.0 Å². The van der Waals surface area contributed by atoms with Gasteiger partial charge in [0.05, 0.1) is 19.1 Å². The molecule has 7 heteroatoms. The van der Waals surface area contributed by atoms with E-state index < -0.39 is 17.9 Å². The van der Waals surface area contributed by atoms with Crippen LogP contribution in [0.5, 0.6) is 5.75 Å². The molecule has 1 saturated heterocycles. The first-order valence-corrected chi connectivity index (χ1v) is 13.7. The number of rotatable bonds is 9. The zero-order valence-corrected chi connectivity index (χ0v) is 22.5. The van der Waals surface area contributed by atoms with Gasteiger partial charge < -0.3 is 14.7 Å². The van der Waals surface area contributed by atoms with E-state index in [2.05, 4.69) is 13.0 Å². The van der Waals surface area contributed by atoms with Crippen LogP contribution in [0.2, 0.25) is 0 Å². The van der Waals surface area contributed by atoms with Crippen LogP contribution >= 0.6 is 0 Å². The number of carboxylic acids is 1. The number of hydrogen-bond acceptors (Lipinski definition) is 4. The van der Waals surface area contributed by atoms with Gasteiger partial charge in [-0.1, -0.05) is 49.7 Å². The number of amides is 1. The van der Waals surface area contributed by atoms with Gasteiger partial charge in [0.2, 0.25) is 5.91 Å². The standard InChI is InChI=1S/C32H35FN2O4/c1-3-4-15-35(26-7-5-6-21(2)17-26)29(36)20-34-19-27(23-10-13-28-24(18-23)14-16-39-28)30(32(37)38)31(34)22-8-11-25(33)12-9-22/h5-13,17-18,27,30-31H,3-4,14-16,19-20H2,1-2H3,(H,37,38). The largest absolute Gasteiger partial charge is 0.493 e. The van der Waals surface area contributed by atoms with Gasteiger partial charge in [0, 0.05) is 37.2 Å². The molecule has 39 heavy (non-hydrogen) atoms. The number of aryl methyl sites for hydroxylation is 1. The normalized spacial score (nSPS) is 20.4. The van der Waals surface area contributed by atoms with Gasteiger partial charge in [-0.15, -0.1) is 0 Å². The van der Waals surface area contributed by atoms with E-state index in [9.17, 15) is 19.1 Å². The average Bonchev–Trinajstić information content (AvgIpc) is 3.54. The predicted octanol–water partition coefficient (Wildman–Crippen LogP) is 5.74. The van der Waals surface area contributed by atoms with E-state index in [0.717, 1.165) is 47.4 Å². The summed E-state index contributed by atoms with van der Waals surface area (Å²) < 4.78 is 19.5. The lowest BCUT2D eigenvalue weighted by Gasteiger charge is -2.30. The van der Waals surface area contributed by atoms with E-state index in [4.69, 9.17) is 4.74 Å². The van der Waals surface area contributed by atoms with E-state index in [1.165, 1.54) is 12.1 Å². The number of hydrogen-bond donors (Lipinski definition) is 1. The van der Waals surface area contributed by atoms with Gasteiger partial charge in [0.25, 0.3) is 0 Å². The Kier molecular flexibility index (Phi) is 7.98. The van der Waals surface area contributed by atoms with Crippen molar-refractivity contribution in [1.29, 1.82) is 0 Å². The number of carbonyl (C=O) groups is 2. The van der Waals surface area contributed by atoms with E-state index >= 15 is 0 Å². The Hall–Kier alpha value is -3.71. The zero-order chi connectivity index (χ0) is 27.5. The van der Waals surface area contributed by atoms with Crippen molar-refractivity contribution in [2.24, 2.45) is 5.92 Å². The molecule has 6 nitrogen and oxygen atoms in total. The number of fused-ring (bicyclic) bond motifs is 1. The monoisotopic (exact) mass is 530 g/mol. The molecule has 2 aliphatic rings.